The van der Waals surface area contributed by atoms with E-state index in [1.807, 2.05) is 13.8 Å². The lowest BCUT2D eigenvalue weighted by molar-refractivity contribution is 0.0376. The smallest absolute Gasteiger partial charge is 0.338 e. The number of ether oxygens (including phenoxy) is 4. The van der Waals surface area contributed by atoms with E-state index in [1.54, 1.807) is 62.2 Å². The topological polar surface area (TPSA) is 74.3 Å². The van der Waals surface area contributed by atoms with Gasteiger partial charge in [0.25, 0.3) is 5.91 Å². The molecule has 3 rings (SSSR count). The van der Waals surface area contributed by atoms with Gasteiger partial charge in [0.15, 0.2) is 0 Å². The highest BCUT2D eigenvalue weighted by Gasteiger charge is 2.21. The Morgan fingerprint density at radius 1 is 1.00 bits per heavy atom. The fraction of sp³-hybridized carbons (Fsp3) is 0.391. The summed E-state index contributed by atoms with van der Waals surface area (Å²) >= 11 is 0. The van der Waals surface area contributed by atoms with Gasteiger partial charge in [0, 0.05) is 19.2 Å². The SMILES string of the molecule is CC(C)OC(=O)c1cc(Oc2ccc3c(c2)OCCN(C)C3=O)cc(OC(C)C)c1. The van der Waals surface area contributed by atoms with Crippen LogP contribution in [0.5, 0.6) is 23.0 Å². The molecule has 7 heteroatoms. The van der Waals surface area contributed by atoms with Crippen LogP contribution in [0, 0.1) is 0 Å². The number of hydrogen-bond acceptors (Lipinski definition) is 6. The number of hydrogen-bond donors (Lipinski definition) is 0. The minimum absolute atomic E-state index is 0.0712. The Bertz CT molecular complexity index is 937. The number of carbonyl (C=O) groups is 2. The van der Waals surface area contributed by atoms with Crippen molar-refractivity contribution in [2.75, 3.05) is 20.2 Å². The Balaban J connectivity index is 1.90. The number of amides is 1. The first kappa shape index (κ1) is 21.5. The van der Waals surface area contributed by atoms with Gasteiger partial charge < -0.3 is 23.8 Å². The average Bonchev–Trinajstić information content (AvgIpc) is 2.79. The maximum absolute atomic E-state index is 12.4. The number of likely N-dealkylation sites (N-methyl/N-ethyl adjacent to an activating group) is 1. The van der Waals surface area contributed by atoms with Crippen molar-refractivity contribution < 1.29 is 28.5 Å². The molecule has 2 aromatic carbocycles. The lowest BCUT2D eigenvalue weighted by Crippen LogP contribution is -2.27. The Morgan fingerprint density at radius 2 is 1.73 bits per heavy atom. The van der Waals surface area contributed by atoms with Gasteiger partial charge in [-0.15, -0.1) is 0 Å². The molecule has 0 radical (unpaired) electrons. The van der Waals surface area contributed by atoms with Crippen LogP contribution in [0.3, 0.4) is 0 Å². The third-order valence-corrected chi connectivity index (χ3v) is 4.28. The molecule has 30 heavy (non-hydrogen) atoms. The van der Waals surface area contributed by atoms with Crippen molar-refractivity contribution in [3.8, 4) is 23.0 Å². The minimum Gasteiger partial charge on any atom is -0.491 e. The Labute approximate surface area is 176 Å². The molecule has 160 valence electrons. The van der Waals surface area contributed by atoms with Crippen LogP contribution in [0.25, 0.3) is 0 Å². The predicted molar refractivity (Wildman–Crippen MR) is 112 cm³/mol. The van der Waals surface area contributed by atoms with Crippen LogP contribution in [0.15, 0.2) is 36.4 Å². The van der Waals surface area contributed by atoms with Crippen LogP contribution < -0.4 is 14.2 Å². The molecule has 1 aliphatic heterocycles. The van der Waals surface area contributed by atoms with E-state index in [4.69, 9.17) is 18.9 Å². The zero-order valence-corrected chi connectivity index (χ0v) is 17.9. The lowest BCUT2D eigenvalue weighted by Gasteiger charge is -2.15. The molecule has 0 unspecified atom stereocenters. The van der Waals surface area contributed by atoms with Crippen molar-refractivity contribution >= 4 is 11.9 Å². The molecule has 2 aromatic rings. The molecule has 1 aliphatic rings. The lowest BCUT2D eigenvalue weighted by atomic mass is 10.1. The summed E-state index contributed by atoms with van der Waals surface area (Å²) in [6, 6.07) is 9.99. The van der Waals surface area contributed by atoms with Crippen LogP contribution in [0.4, 0.5) is 0 Å². The maximum atomic E-state index is 12.4. The zero-order chi connectivity index (χ0) is 21.8. The number of nitrogens with zero attached hydrogens (tertiary/aromatic N) is 1. The van der Waals surface area contributed by atoms with E-state index in [0.29, 0.717) is 47.3 Å². The van der Waals surface area contributed by atoms with E-state index >= 15 is 0 Å². The van der Waals surface area contributed by atoms with Crippen LogP contribution >= 0.6 is 0 Å². The Kier molecular flexibility index (Phi) is 6.50. The molecule has 7 nitrogen and oxygen atoms in total. The second-order valence-electron chi connectivity index (χ2n) is 7.65. The number of rotatable bonds is 6. The molecule has 1 amide bonds. The predicted octanol–water partition coefficient (Wildman–Crippen LogP) is 4.30. The molecule has 0 bridgehead atoms. The van der Waals surface area contributed by atoms with E-state index in [0.717, 1.165) is 0 Å². The van der Waals surface area contributed by atoms with Crippen LogP contribution in [-0.2, 0) is 4.74 Å². The molecule has 0 saturated heterocycles. The van der Waals surface area contributed by atoms with Gasteiger partial charge in [0.1, 0.15) is 29.6 Å². The number of carbonyl (C=O) groups excluding carboxylic acids is 2. The van der Waals surface area contributed by atoms with Gasteiger partial charge >= 0.3 is 5.97 Å². The van der Waals surface area contributed by atoms with E-state index in [2.05, 4.69) is 0 Å². The highest BCUT2D eigenvalue weighted by atomic mass is 16.5. The molecule has 0 saturated carbocycles. The highest BCUT2D eigenvalue weighted by molar-refractivity contribution is 5.97. The molecule has 0 spiro atoms. The molecule has 0 N–H and O–H groups in total. The van der Waals surface area contributed by atoms with E-state index in [9.17, 15) is 9.59 Å². The van der Waals surface area contributed by atoms with Crippen molar-refractivity contribution in [3.63, 3.8) is 0 Å². The van der Waals surface area contributed by atoms with Crippen LogP contribution in [-0.4, -0.2) is 49.2 Å². The Morgan fingerprint density at radius 3 is 2.43 bits per heavy atom. The Hall–Kier alpha value is -3.22. The van der Waals surface area contributed by atoms with Crippen molar-refractivity contribution in [1.82, 2.24) is 4.90 Å². The first-order valence-electron chi connectivity index (χ1n) is 9.96. The standard InChI is InChI=1S/C23H27NO6/c1-14(2)28-18-10-16(23(26)29-15(3)4)11-19(12-18)30-17-6-7-20-21(13-17)27-9-8-24(5)22(20)25/h6-7,10-15H,8-9H2,1-5H3. The van der Waals surface area contributed by atoms with Gasteiger partial charge in [-0.3, -0.25) is 4.79 Å². The van der Waals surface area contributed by atoms with E-state index in [1.165, 1.54) is 0 Å². The van der Waals surface area contributed by atoms with Crippen molar-refractivity contribution in [1.29, 1.82) is 0 Å². The summed E-state index contributed by atoms with van der Waals surface area (Å²) in [5.74, 6) is 1.32. The molecule has 0 aliphatic carbocycles. The highest BCUT2D eigenvalue weighted by Crippen LogP contribution is 2.33. The first-order chi connectivity index (χ1) is 14.2. The third-order valence-electron chi connectivity index (χ3n) is 4.28. The van der Waals surface area contributed by atoms with Gasteiger partial charge in [-0.05, 0) is 52.0 Å². The monoisotopic (exact) mass is 413 g/mol. The fourth-order valence-electron chi connectivity index (χ4n) is 2.97. The largest absolute Gasteiger partial charge is 0.491 e. The third kappa shape index (κ3) is 5.23. The van der Waals surface area contributed by atoms with Gasteiger partial charge in [-0.2, -0.15) is 0 Å². The summed E-state index contributed by atoms with van der Waals surface area (Å²) in [5.41, 5.74) is 0.820. The molecular formula is C23H27NO6. The van der Waals surface area contributed by atoms with Crippen LogP contribution in [0.1, 0.15) is 48.4 Å². The number of esters is 1. The van der Waals surface area contributed by atoms with Gasteiger partial charge in [0.2, 0.25) is 0 Å². The van der Waals surface area contributed by atoms with Crippen LogP contribution in [0.2, 0.25) is 0 Å². The summed E-state index contributed by atoms with van der Waals surface area (Å²) in [6.07, 6.45) is -0.313. The summed E-state index contributed by atoms with van der Waals surface area (Å²) < 4.78 is 22.7. The molecule has 1 heterocycles. The minimum atomic E-state index is -0.456. The quantitative estimate of drug-likeness (QED) is 0.658. The van der Waals surface area contributed by atoms with Gasteiger partial charge in [-0.25, -0.2) is 4.79 Å². The van der Waals surface area contributed by atoms with Gasteiger partial charge in [-0.1, -0.05) is 0 Å². The normalized spacial score (nSPS) is 13.6. The second kappa shape index (κ2) is 9.07. The maximum Gasteiger partial charge on any atom is 0.338 e. The van der Waals surface area contributed by atoms with E-state index in [-0.39, 0.29) is 18.1 Å². The fourth-order valence-corrected chi connectivity index (χ4v) is 2.97. The molecule has 0 aromatic heterocycles. The summed E-state index contributed by atoms with van der Waals surface area (Å²) in [7, 11) is 1.74. The molecule has 0 atom stereocenters. The second-order valence-corrected chi connectivity index (χ2v) is 7.65. The van der Waals surface area contributed by atoms with Crippen molar-refractivity contribution in [2.24, 2.45) is 0 Å². The number of benzene rings is 2. The summed E-state index contributed by atoms with van der Waals surface area (Å²) in [5, 5.41) is 0. The molecular weight excluding hydrogens is 386 g/mol. The average molecular weight is 413 g/mol. The molecule has 0 fully saturated rings. The van der Waals surface area contributed by atoms with Gasteiger partial charge in [0.05, 0.1) is 29.9 Å². The van der Waals surface area contributed by atoms with E-state index < -0.39 is 5.97 Å². The zero-order valence-electron chi connectivity index (χ0n) is 17.9. The summed E-state index contributed by atoms with van der Waals surface area (Å²) in [6.45, 7) is 8.30. The number of fused-ring (bicyclic) bond motifs is 1. The van der Waals surface area contributed by atoms with Crippen molar-refractivity contribution in [2.45, 2.75) is 39.9 Å². The van der Waals surface area contributed by atoms with Crippen molar-refractivity contribution in [3.05, 3.63) is 47.5 Å². The summed E-state index contributed by atoms with van der Waals surface area (Å²) in [4.78, 5) is 26.4. The first-order valence-corrected chi connectivity index (χ1v) is 9.96.